The molecule has 1 aromatic heterocycles. The van der Waals surface area contributed by atoms with Gasteiger partial charge in [0.05, 0.1) is 24.3 Å². The molecule has 0 radical (unpaired) electrons. The van der Waals surface area contributed by atoms with Crippen LogP contribution in [0.2, 0.25) is 0 Å². The van der Waals surface area contributed by atoms with E-state index in [1.54, 1.807) is 24.4 Å². The van der Waals surface area contributed by atoms with Gasteiger partial charge in [0, 0.05) is 10.4 Å². The molecule has 0 fully saturated rings. The SMILES string of the molecule is CC[C@H](C)c1nc2ccc(Br)cc2c(=O)n1N=Cc1cc(I)c(OCc2ccc(F)cc2)c(I)c1. The molecule has 0 spiro atoms. The highest BCUT2D eigenvalue weighted by molar-refractivity contribution is 14.1. The van der Waals surface area contributed by atoms with Gasteiger partial charge in [0.25, 0.3) is 5.56 Å². The summed E-state index contributed by atoms with van der Waals surface area (Å²) in [5, 5.41) is 5.07. The Labute approximate surface area is 238 Å². The molecule has 0 aliphatic carbocycles. The number of rotatable bonds is 7. The summed E-state index contributed by atoms with van der Waals surface area (Å²) in [6.45, 7) is 4.44. The van der Waals surface area contributed by atoms with E-state index in [2.05, 4.69) is 73.1 Å². The molecular weight excluding hydrogens is 739 g/mol. The number of aromatic nitrogens is 2. The zero-order chi connectivity index (χ0) is 25.1. The molecule has 0 saturated carbocycles. The van der Waals surface area contributed by atoms with Crippen LogP contribution in [0.4, 0.5) is 4.39 Å². The average molecular weight is 760 g/mol. The maximum Gasteiger partial charge on any atom is 0.282 e. The molecule has 0 N–H and O–H groups in total. The lowest BCUT2D eigenvalue weighted by molar-refractivity contribution is 0.301. The summed E-state index contributed by atoms with van der Waals surface area (Å²) < 4.78 is 23.2. The van der Waals surface area contributed by atoms with E-state index in [0.29, 0.717) is 23.3 Å². The van der Waals surface area contributed by atoms with Gasteiger partial charge in [-0.1, -0.05) is 41.9 Å². The summed E-state index contributed by atoms with van der Waals surface area (Å²) >= 11 is 7.88. The first-order valence-corrected chi connectivity index (χ1v) is 13.8. The molecule has 0 aliphatic rings. The molecule has 0 amide bonds. The van der Waals surface area contributed by atoms with Crippen LogP contribution in [0.1, 0.15) is 43.1 Å². The molecule has 0 saturated heterocycles. The minimum atomic E-state index is -0.272. The summed E-state index contributed by atoms with van der Waals surface area (Å²) in [7, 11) is 0. The van der Waals surface area contributed by atoms with Crippen LogP contribution in [0.3, 0.4) is 0 Å². The largest absolute Gasteiger partial charge is 0.487 e. The summed E-state index contributed by atoms with van der Waals surface area (Å²) in [6, 6.07) is 15.7. The molecule has 4 aromatic rings. The second-order valence-corrected chi connectivity index (χ2v) is 11.3. The fourth-order valence-electron chi connectivity index (χ4n) is 3.43. The van der Waals surface area contributed by atoms with Crippen molar-refractivity contribution >= 4 is 78.2 Å². The van der Waals surface area contributed by atoms with Gasteiger partial charge >= 0.3 is 0 Å². The van der Waals surface area contributed by atoms with Gasteiger partial charge in [0.1, 0.15) is 24.0 Å². The molecule has 1 atom stereocenters. The summed E-state index contributed by atoms with van der Waals surface area (Å²) in [5.74, 6) is 1.18. The number of fused-ring (bicyclic) bond motifs is 1. The lowest BCUT2D eigenvalue weighted by Crippen LogP contribution is -2.23. The van der Waals surface area contributed by atoms with Crippen molar-refractivity contribution in [1.82, 2.24) is 9.66 Å². The fourth-order valence-corrected chi connectivity index (χ4v) is 5.92. The lowest BCUT2D eigenvalue weighted by atomic mass is 10.1. The average Bonchev–Trinajstić information content (AvgIpc) is 2.83. The summed E-state index contributed by atoms with van der Waals surface area (Å²) in [4.78, 5) is 18.1. The summed E-state index contributed by atoms with van der Waals surface area (Å²) in [5.41, 5.74) is 2.18. The molecule has 4 rings (SSSR count). The van der Waals surface area contributed by atoms with E-state index in [1.165, 1.54) is 16.8 Å². The van der Waals surface area contributed by atoms with Gasteiger partial charge in [-0.05, 0) is 105 Å². The first-order valence-electron chi connectivity index (χ1n) is 10.9. The molecule has 0 aliphatic heterocycles. The number of benzene rings is 3. The van der Waals surface area contributed by atoms with Crippen molar-refractivity contribution in [3.05, 3.63) is 99.3 Å². The van der Waals surface area contributed by atoms with Crippen LogP contribution in [0, 0.1) is 13.0 Å². The Hall–Kier alpha value is -1.86. The van der Waals surface area contributed by atoms with Gasteiger partial charge in [-0.2, -0.15) is 9.78 Å². The van der Waals surface area contributed by atoms with Gasteiger partial charge < -0.3 is 4.74 Å². The predicted molar refractivity (Wildman–Crippen MR) is 158 cm³/mol. The second-order valence-electron chi connectivity index (χ2n) is 8.03. The van der Waals surface area contributed by atoms with Gasteiger partial charge in [-0.3, -0.25) is 4.79 Å². The number of nitrogens with zero attached hydrogens (tertiary/aromatic N) is 3. The van der Waals surface area contributed by atoms with Crippen LogP contribution in [0.5, 0.6) is 5.75 Å². The highest BCUT2D eigenvalue weighted by Crippen LogP contribution is 2.29. The van der Waals surface area contributed by atoms with Gasteiger partial charge in [0.2, 0.25) is 0 Å². The van der Waals surface area contributed by atoms with Crippen molar-refractivity contribution < 1.29 is 9.13 Å². The molecule has 0 bridgehead atoms. The maximum absolute atomic E-state index is 13.3. The first kappa shape index (κ1) is 26.2. The predicted octanol–water partition coefficient (Wildman–Crippen LogP) is 7.48. The Morgan fingerprint density at radius 1 is 1.14 bits per heavy atom. The Morgan fingerprint density at radius 2 is 1.83 bits per heavy atom. The van der Waals surface area contributed by atoms with Crippen LogP contribution in [0.15, 0.2) is 69.0 Å². The normalized spacial score (nSPS) is 12.4. The van der Waals surface area contributed by atoms with Gasteiger partial charge in [-0.25, -0.2) is 9.37 Å². The van der Waals surface area contributed by atoms with E-state index >= 15 is 0 Å². The van der Waals surface area contributed by atoms with Crippen molar-refractivity contribution in [2.24, 2.45) is 5.10 Å². The fraction of sp³-hybridized carbons (Fsp3) is 0.192. The third kappa shape index (κ3) is 6.11. The third-order valence-corrected chi connectivity index (χ3v) is 7.62. The molecule has 1 heterocycles. The molecule has 9 heteroatoms. The summed E-state index contributed by atoms with van der Waals surface area (Å²) in [6.07, 6.45) is 2.51. The zero-order valence-electron chi connectivity index (χ0n) is 18.9. The van der Waals surface area contributed by atoms with Gasteiger partial charge in [-0.15, -0.1) is 0 Å². The first-order chi connectivity index (χ1) is 16.8. The molecule has 3 aromatic carbocycles. The van der Waals surface area contributed by atoms with E-state index < -0.39 is 0 Å². The highest BCUT2D eigenvalue weighted by atomic mass is 127. The zero-order valence-corrected chi connectivity index (χ0v) is 24.8. The van der Waals surface area contributed by atoms with Crippen molar-refractivity contribution in [3.63, 3.8) is 0 Å². The maximum atomic E-state index is 13.3. The van der Waals surface area contributed by atoms with E-state index in [-0.39, 0.29) is 17.3 Å². The molecule has 0 unspecified atom stereocenters. The second kappa shape index (κ2) is 11.5. The highest BCUT2D eigenvalue weighted by Gasteiger charge is 2.16. The van der Waals surface area contributed by atoms with Crippen molar-refractivity contribution in [2.75, 3.05) is 0 Å². The smallest absolute Gasteiger partial charge is 0.282 e. The van der Waals surface area contributed by atoms with Crippen molar-refractivity contribution in [3.8, 4) is 5.75 Å². The number of hydrogen-bond donors (Lipinski definition) is 0. The van der Waals surface area contributed by atoms with Crippen LogP contribution in [-0.2, 0) is 6.61 Å². The van der Waals surface area contributed by atoms with Crippen LogP contribution < -0.4 is 10.3 Å². The third-order valence-electron chi connectivity index (χ3n) is 5.53. The lowest BCUT2D eigenvalue weighted by Gasteiger charge is -2.14. The molecule has 35 heavy (non-hydrogen) atoms. The van der Waals surface area contributed by atoms with Crippen molar-refractivity contribution in [2.45, 2.75) is 32.8 Å². The Bertz CT molecular complexity index is 1450. The van der Waals surface area contributed by atoms with Gasteiger partial charge in [0.15, 0.2) is 0 Å². The minimum absolute atomic E-state index is 0.0652. The van der Waals surface area contributed by atoms with Crippen LogP contribution in [0.25, 0.3) is 10.9 Å². The topological polar surface area (TPSA) is 56.5 Å². The van der Waals surface area contributed by atoms with Crippen LogP contribution >= 0.6 is 61.1 Å². The standard InChI is InChI=1S/C26H21BrFI2N3O2/c1-3-15(2)25-32-23-9-6-18(27)12-20(23)26(34)33(25)31-13-17-10-21(29)24(22(30)11-17)35-14-16-4-7-19(28)8-5-16/h4-13,15H,3,14H2,1-2H3/t15-/m0/s1. The van der Waals surface area contributed by atoms with Crippen LogP contribution in [-0.4, -0.2) is 15.9 Å². The Morgan fingerprint density at radius 3 is 2.49 bits per heavy atom. The van der Waals surface area contributed by atoms with E-state index in [0.717, 1.165) is 34.9 Å². The van der Waals surface area contributed by atoms with E-state index in [1.807, 2.05) is 31.2 Å². The number of hydrogen-bond acceptors (Lipinski definition) is 4. The molecule has 5 nitrogen and oxygen atoms in total. The quantitative estimate of drug-likeness (QED) is 0.145. The molecule has 180 valence electrons. The van der Waals surface area contributed by atoms with E-state index in [4.69, 9.17) is 9.72 Å². The van der Waals surface area contributed by atoms with Crippen molar-refractivity contribution in [1.29, 1.82) is 0 Å². The minimum Gasteiger partial charge on any atom is -0.487 e. The Balaban J connectivity index is 1.66. The Kier molecular flexibility index (Phi) is 8.59. The number of ether oxygens (including phenoxy) is 1. The number of halogens is 4. The monoisotopic (exact) mass is 759 g/mol. The molecular formula is C26H21BrFI2N3O2. The van der Waals surface area contributed by atoms with E-state index in [9.17, 15) is 9.18 Å².